The molecule has 1 heterocycles. The number of rotatable bonds is 6. The molecule has 1 N–H and O–H groups in total. The minimum absolute atomic E-state index is 0.286. The summed E-state index contributed by atoms with van der Waals surface area (Å²) in [5.41, 5.74) is 0.737. The fraction of sp³-hybridized carbons (Fsp3) is 0.200. The molecule has 0 fully saturated rings. The molecule has 134 valence electrons. The van der Waals surface area contributed by atoms with Gasteiger partial charge in [0.15, 0.2) is 6.10 Å². The highest BCUT2D eigenvalue weighted by molar-refractivity contribution is 5.81. The number of carbonyl (C=O) groups is 1. The van der Waals surface area contributed by atoms with Crippen molar-refractivity contribution in [2.24, 2.45) is 7.05 Å². The number of para-hydroxylation sites is 1. The smallest absolute Gasteiger partial charge is 0.261 e. The highest BCUT2D eigenvalue weighted by Gasteiger charge is 2.24. The maximum atomic E-state index is 13.3. The van der Waals surface area contributed by atoms with Crippen LogP contribution in [-0.4, -0.2) is 21.6 Å². The van der Waals surface area contributed by atoms with Crippen LogP contribution in [0.25, 0.3) is 0 Å². The molecule has 1 amide bonds. The first-order valence-corrected chi connectivity index (χ1v) is 8.29. The highest BCUT2D eigenvalue weighted by atomic mass is 19.1. The van der Waals surface area contributed by atoms with Crippen molar-refractivity contribution >= 4 is 5.91 Å². The van der Waals surface area contributed by atoms with Gasteiger partial charge in [0.05, 0.1) is 0 Å². The topological polar surface area (TPSA) is 56.1 Å². The SMILES string of the molecule is C[C@@H](Oc1ccccc1)C(=O)N[C@@H](c1ccc(F)cc1)c1nccn1C. The Balaban J connectivity index is 1.80. The second-order valence-corrected chi connectivity index (χ2v) is 5.96. The largest absolute Gasteiger partial charge is 0.481 e. The summed E-state index contributed by atoms with van der Waals surface area (Å²) in [4.78, 5) is 17.0. The van der Waals surface area contributed by atoms with Gasteiger partial charge in [0.25, 0.3) is 5.91 Å². The number of aromatic nitrogens is 2. The maximum absolute atomic E-state index is 13.3. The molecule has 2 atom stereocenters. The Bertz CT molecular complexity index is 862. The molecule has 0 saturated heterocycles. The van der Waals surface area contributed by atoms with E-state index in [4.69, 9.17) is 4.74 Å². The number of imidazole rings is 1. The highest BCUT2D eigenvalue weighted by Crippen LogP contribution is 2.21. The number of hydrogen-bond acceptors (Lipinski definition) is 3. The quantitative estimate of drug-likeness (QED) is 0.740. The van der Waals surface area contributed by atoms with Crippen LogP contribution in [-0.2, 0) is 11.8 Å². The van der Waals surface area contributed by atoms with Crippen molar-refractivity contribution in [2.45, 2.75) is 19.1 Å². The molecule has 0 aliphatic carbocycles. The van der Waals surface area contributed by atoms with E-state index in [2.05, 4.69) is 10.3 Å². The van der Waals surface area contributed by atoms with E-state index in [0.29, 0.717) is 11.6 Å². The molecule has 5 nitrogen and oxygen atoms in total. The third-order valence-corrected chi connectivity index (χ3v) is 4.03. The molecule has 2 aromatic carbocycles. The number of carbonyl (C=O) groups excluding carboxylic acids is 1. The summed E-state index contributed by atoms with van der Waals surface area (Å²) in [6.45, 7) is 1.68. The number of benzene rings is 2. The van der Waals surface area contributed by atoms with Gasteiger partial charge in [-0.25, -0.2) is 9.37 Å². The van der Waals surface area contributed by atoms with Gasteiger partial charge >= 0.3 is 0 Å². The second kappa shape index (κ2) is 7.82. The molecule has 0 spiro atoms. The lowest BCUT2D eigenvalue weighted by molar-refractivity contribution is -0.127. The molecule has 26 heavy (non-hydrogen) atoms. The monoisotopic (exact) mass is 353 g/mol. The van der Waals surface area contributed by atoms with Crippen molar-refractivity contribution in [1.29, 1.82) is 0 Å². The predicted octanol–water partition coefficient (Wildman–Crippen LogP) is 3.23. The second-order valence-electron chi connectivity index (χ2n) is 5.96. The summed E-state index contributed by atoms with van der Waals surface area (Å²) >= 11 is 0. The van der Waals surface area contributed by atoms with Gasteiger partial charge in [-0.15, -0.1) is 0 Å². The van der Waals surface area contributed by atoms with E-state index in [1.54, 1.807) is 43.6 Å². The van der Waals surface area contributed by atoms with Crippen LogP contribution in [0.2, 0.25) is 0 Å². The van der Waals surface area contributed by atoms with Gasteiger partial charge < -0.3 is 14.6 Å². The Morgan fingerprint density at radius 1 is 1.15 bits per heavy atom. The van der Waals surface area contributed by atoms with Gasteiger partial charge in [0.2, 0.25) is 0 Å². The number of halogens is 1. The summed E-state index contributed by atoms with van der Waals surface area (Å²) < 4.78 is 20.8. The van der Waals surface area contributed by atoms with Crippen LogP contribution in [0.5, 0.6) is 5.75 Å². The number of amides is 1. The minimum Gasteiger partial charge on any atom is -0.481 e. The summed E-state index contributed by atoms with van der Waals surface area (Å²) in [5, 5.41) is 2.95. The van der Waals surface area contributed by atoms with Crippen LogP contribution in [0, 0.1) is 5.82 Å². The van der Waals surface area contributed by atoms with Gasteiger partial charge in [-0.3, -0.25) is 4.79 Å². The van der Waals surface area contributed by atoms with Crippen LogP contribution in [0.3, 0.4) is 0 Å². The van der Waals surface area contributed by atoms with E-state index in [0.717, 1.165) is 5.56 Å². The van der Waals surface area contributed by atoms with Crippen molar-refractivity contribution in [3.8, 4) is 5.75 Å². The van der Waals surface area contributed by atoms with Gasteiger partial charge in [-0.05, 0) is 36.8 Å². The maximum Gasteiger partial charge on any atom is 0.261 e. The summed E-state index contributed by atoms with van der Waals surface area (Å²) in [5.74, 6) is 0.646. The van der Waals surface area contributed by atoms with E-state index < -0.39 is 12.1 Å². The first kappa shape index (κ1) is 17.7. The zero-order valence-electron chi connectivity index (χ0n) is 14.6. The standard InChI is InChI=1S/C20H20FN3O2/c1-14(26-17-6-4-3-5-7-17)20(25)23-18(19-22-12-13-24(19)2)15-8-10-16(21)11-9-15/h3-14,18H,1-2H3,(H,23,25)/t14-,18+/m1/s1. The molecule has 0 unspecified atom stereocenters. The van der Waals surface area contributed by atoms with Crippen molar-refractivity contribution in [3.05, 3.63) is 84.2 Å². The van der Waals surface area contributed by atoms with E-state index in [1.165, 1.54) is 12.1 Å². The van der Waals surface area contributed by atoms with Gasteiger partial charge in [0.1, 0.15) is 23.4 Å². The Morgan fingerprint density at radius 2 is 1.85 bits per heavy atom. The lowest BCUT2D eigenvalue weighted by Crippen LogP contribution is -2.39. The Hall–Kier alpha value is -3.15. The molecule has 3 rings (SSSR count). The van der Waals surface area contributed by atoms with E-state index in [1.807, 2.05) is 29.8 Å². The summed E-state index contributed by atoms with van der Waals surface area (Å²) in [6.07, 6.45) is 2.75. The van der Waals surface area contributed by atoms with Crippen molar-refractivity contribution in [2.75, 3.05) is 0 Å². The molecule has 0 aliphatic rings. The molecule has 1 aromatic heterocycles. The summed E-state index contributed by atoms with van der Waals surface area (Å²) in [6, 6.07) is 14.6. The molecular weight excluding hydrogens is 333 g/mol. The van der Waals surface area contributed by atoms with Crippen LogP contribution in [0.1, 0.15) is 24.4 Å². The van der Waals surface area contributed by atoms with Crippen LogP contribution >= 0.6 is 0 Å². The minimum atomic E-state index is -0.694. The first-order valence-electron chi connectivity index (χ1n) is 8.29. The molecule has 0 bridgehead atoms. The third-order valence-electron chi connectivity index (χ3n) is 4.03. The Kier molecular flexibility index (Phi) is 5.31. The predicted molar refractivity (Wildman–Crippen MR) is 96.1 cm³/mol. The van der Waals surface area contributed by atoms with Gasteiger partial charge in [0, 0.05) is 19.4 Å². The van der Waals surface area contributed by atoms with Gasteiger partial charge in [-0.1, -0.05) is 30.3 Å². The first-order chi connectivity index (χ1) is 12.5. The van der Waals surface area contributed by atoms with E-state index >= 15 is 0 Å². The van der Waals surface area contributed by atoms with E-state index in [9.17, 15) is 9.18 Å². The fourth-order valence-corrected chi connectivity index (χ4v) is 2.62. The molecule has 0 saturated carbocycles. The van der Waals surface area contributed by atoms with Crippen molar-refractivity contribution in [3.63, 3.8) is 0 Å². The lowest BCUT2D eigenvalue weighted by atomic mass is 10.1. The van der Waals surface area contributed by atoms with Crippen molar-refractivity contribution < 1.29 is 13.9 Å². The van der Waals surface area contributed by atoms with Crippen LogP contribution in [0.4, 0.5) is 4.39 Å². The van der Waals surface area contributed by atoms with E-state index in [-0.39, 0.29) is 11.7 Å². The average molecular weight is 353 g/mol. The Labute approximate surface area is 151 Å². The number of nitrogens with zero attached hydrogens (tertiary/aromatic N) is 2. The lowest BCUT2D eigenvalue weighted by Gasteiger charge is -2.22. The zero-order chi connectivity index (χ0) is 18.5. The molecule has 0 aliphatic heterocycles. The van der Waals surface area contributed by atoms with Gasteiger partial charge in [-0.2, -0.15) is 0 Å². The van der Waals surface area contributed by atoms with Crippen LogP contribution < -0.4 is 10.1 Å². The number of ether oxygens (including phenoxy) is 1. The normalized spacial score (nSPS) is 13.0. The van der Waals surface area contributed by atoms with Crippen LogP contribution in [0.15, 0.2) is 67.0 Å². The Morgan fingerprint density at radius 3 is 2.46 bits per heavy atom. The fourth-order valence-electron chi connectivity index (χ4n) is 2.62. The zero-order valence-corrected chi connectivity index (χ0v) is 14.6. The molecule has 6 heteroatoms. The number of hydrogen-bond donors (Lipinski definition) is 1. The number of nitrogens with one attached hydrogen (secondary N) is 1. The third kappa shape index (κ3) is 4.08. The molecule has 3 aromatic rings. The molecular formula is C20H20FN3O2. The molecule has 0 radical (unpaired) electrons. The van der Waals surface area contributed by atoms with Crippen molar-refractivity contribution in [1.82, 2.24) is 14.9 Å². The number of aryl methyl sites for hydroxylation is 1. The average Bonchev–Trinajstić information content (AvgIpc) is 3.07. The summed E-state index contributed by atoms with van der Waals surface area (Å²) in [7, 11) is 1.84.